The van der Waals surface area contributed by atoms with E-state index in [2.05, 4.69) is 16.0 Å². The van der Waals surface area contributed by atoms with E-state index < -0.39 is 35.9 Å². The topological polar surface area (TPSA) is 186 Å². The summed E-state index contributed by atoms with van der Waals surface area (Å²) >= 11 is 0. The molecule has 1 rings (SSSR count). The van der Waals surface area contributed by atoms with Gasteiger partial charge in [-0.1, -0.05) is 13.8 Å². The first-order chi connectivity index (χ1) is 14.1. The summed E-state index contributed by atoms with van der Waals surface area (Å²) in [5.41, 5.74) is 11.1. The Bertz CT molecular complexity index is 783. The van der Waals surface area contributed by atoms with Gasteiger partial charge in [0.1, 0.15) is 11.8 Å². The number of hydrogen-bond donors (Lipinski definition) is 6. The van der Waals surface area contributed by atoms with Crippen LogP contribution in [0.5, 0.6) is 5.75 Å². The van der Waals surface area contributed by atoms with Crippen molar-refractivity contribution in [3.63, 3.8) is 0 Å². The lowest BCUT2D eigenvalue weighted by Gasteiger charge is -2.22. The Morgan fingerprint density at radius 2 is 1.83 bits per heavy atom. The molecule has 0 fully saturated rings. The van der Waals surface area contributed by atoms with E-state index in [9.17, 15) is 19.2 Å². The average molecular weight is 423 g/mol. The maximum absolute atomic E-state index is 12.8. The van der Waals surface area contributed by atoms with Crippen LogP contribution < -0.4 is 32.2 Å². The predicted molar refractivity (Wildman–Crippen MR) is 110 cm³/mol. The van der Waals surface area contributed by atoms with Crippen molar-refractivity contribution < 1.29 is 29.0 Å². The van der Waals surface area contributed by atoms with Crippen LogP contribution in [0.2, 0.25) is 0 Å². The summed E-state index contributed by atoms with van der Waals surface area (Å²) in [7, 11) is 1.34. The van der Waals surface area contributed by atoms with Crippen LogP contribution in [0.15, 0.2) is 18.2 Å². The number of hydrogen-bond acceptors (Lipinski definition) is 6. The van der Waals surface area contributed by atoms with Crippen molar-refractivity contribution >= 4 is 29.5 Å². The highest BCUT2D eigenvalue weighted by Crippen LogP contribution is 2.26. The summed E-state index contributed by atoms with van der Waals surface area (Å²) in [5, 5.41) is 16.7. The van der Waals surface area contributed by atoms with Crippen molar-refractivity contribution in [2.45, 2.75) is 38.8 Å². The molecule has 0 bridgehead atoms. The first-order valence-electron chi connectivity index (χ1n) is 9.38. The van der Waals surface area contributed by atoms with Gasteiger partial charge in [-0.2, -0.15) is 0 Å². The number of urea groups is 1. The molecular formula is C19H29N5O6. The standard InChI is InChI=1S/C19H29N5O6/c1-10(2)15(20)17(26)24-13(5-4-8-22-19(21)29)16(25)23-12-7-6-11(18(27)28)9-14(12)30-3/h6-7,9-10,13,15H,4-5,8,20H2,1-3H3,(H,23,25)(H,24,26)(H,27,28)(H3,21,22,29)/t13-,15?/m0/s1. The average Bonchev–Trinajstić information content (AvgIpc) is 2.69. The molecule has 166 valence electrons. The Hall–Kier alpha value is -3.34. The number of carbonyl (C=O) groups is 4. The molecule has 0 radical (unpaired) electrons. The summed E-state index contributed by atoms with van der Waals surface area (Å²) in [6, 6.07) is 1.56. The first-order valence-corrected chi connectivity index (χ1v) is 9.38. The summed E-state index contributed by atoms with van der Waals surface area (Å²) in [4.78, 5) is 47.0. The predicted octanol–water partition coefficient (Wildman–Crippen LogP) is 0.249. The number of benzene rings is 1. The molecule has 1 aromatic carbocycles. The maximum Gasteiger partial charge on any atom is 0.335 e. The van der Waals surface area contributed by atoms with Crippen molar-refractivity contribution in [1.29, 1.82) is 0 Å². The molecule has 11 heteroatoms. The van der Waals surface area contributed by atoms with Gasteiger partial charge in [-0.05, 0) is 37.0 Å². The number of nitrogens with two attached hydrogens (primary N) is 2. The zero-order valence-electron chi connectivity index (χ0n) is 17.2. The number of nitrogens with one attached hydrogen (secondary N) is 3. The minimum Gasteiger partial charge on any atom is -0.495 e. The van der Waals surface area contributed by atoms with Crippen LogP contribution in [0, 0.1) is 5.92 Å². The molecule has 0 saturated carbocycles. The SMILES string of the molecule is COc1cc(C(=O)O)ccc1NC(=O)[C@H](CCCNC(N)=O)NC(=O)C(N)C(C)C. The van der Waals surface area contributed by atoms with E-state index in [0.29, 0.717) is 6.42 Å². The van der Waals surface area contributed by atoms with Gasteiger partial charge in [-0.3, -0.25) is 9.59 Å². The fourth-order valence-corrected chi connectivity index (χ4v) is 2.50. The highest BCUT2D eigenvalue weighted by molar-refractivity contribution is 5.99. The molecule has 0 spiro atoms. The van der Waals surface area contributed by atoms with Crippen LogP contribution >= 0.6 is 0 Å². The van der Waals surface area contributed by atoms with E-state index in [1.54, 1.807) is 13.8 Å². The van der Waals surface area contributed by atoms with E-state index in [1.807, 2.05) is 0 Å². The van der Waals surface area contributed by atoms with Gasteiger partial charge in [-0.25, -0.2) is 9.59 Å². The second kappa shape index (κ2) is 11.6. The molecule has 11 nitrogen and oxygen atoms in total. The van der Waals surface area contributed by atoms with Gasteiger partial charge in [0.25, 0.3) is 0 Å². The molecule has 0 aliphatic carbocycles. The van der Waals surface area contributed by atoms with Crippen LogP contribution in [0.3, 0.4) is 0 Å². The van der Waals surface area contributed by atoms with E-state index >= 15 is 0 Å². The highest BCUT2D eigenvalue weighted by atomic mass is 16.5. The Morgan fingerprint density at radius 3 is 2.37 bits per heavy atom. The van der Waals surface area contributed by atoms with E-state index in [4.69, 9.17) is 21.3 Å². The fourth-order valence-electron chi connectivity index (χ4n) is 2.50. The molecule has 2 atom stereocenters. The normalized spacial score (nSPS) is 12.6. The van der Waals surface area contributed by atoms with Crippen molar-refractivity contribution in [3.8, 4) is 5.75 Å². The lowest BCUT2D eigenvalue weighted by atomic mass is 10.0. The molecule has 1 unspecified atom stereocenters. The minimum atomic E-state index is -1.14. The molecule has 0 aliphatic rings. The Kier molecular flexibility index (Phi) is 9.56. The summed E-state index contributed by atoms with van der Waals surface area (Å²) in [6.45, 7) is 3.79. The summed E-state index contributed by atoms with van der Waals surface area (Å²) < 4.78 is 5.15. The number of carboxylic acids is 1. The van der Waals surface area contributed by atoms with Gasteiger partial charge in [-0.15, -0.1) is 0 Å². The van der Waals surface area contributed by atoms with Crippen LogP contribution in [-0.2, 0) is 9.59 Å². The number of aromatic carboxylic acids is 1. The number of rotatable bonds is 11. The number of ether oxygens (including phenoxy) is 1. The Morgan fingerprint density at radius 1 is 1.17 bits per heavy atom. The van der Waals surface area contributed by atoms with E-state index in [-0.39, 0.29) is 35.9 Å². The molecule has 8 N–H and O–H groups in total. The van der Waals surface area contributed by atoms with Crippen LogP contribution in [0.25, 0.3) is 0 Å². The monoisotopic (exact) mass is 423 g/mol. The molecule has 30 heavy (non-hydrogen) atoms. The third-order valence-electron chi connectivity index (χ3n) is 4.33. The number of amides is 4. The van der Waals surface area contributed by atoms with E-state index in [0.717, 1.165) is 0 Å². The Balaban J connectivity index is 2.96. The van der Waals surface area contributed by atoms with Crippen LogP contribution in [-0.4, -0.2) is 54.7 Å². The maximum atomic E-state index is 12.8. The van der Waals surface area contributed by atoms with Crippen molar-refractivity contribution in [3.05, 3.63) is 23.8 Å². The number of carboxylic acid groups (broad SMARTS) is 1. The Labute approximate surface area is 174 Å². The number of methoxy groups -OCH3 is 1. The molecule has 1 aromatic rings. The number of carbonyl (C=O) groups excluding carboxylic acids is 3. The lowest BCUT2D eigenvalue weighted by Crippen LogP contribution is -2.51. The second-order valence-corrected chi connectivity index (χ2v) is 6.97. The van der Waals surface area contributed by atoms with Crippen LogP contribution in [0.1, 0.15) is 37.0 Å². The zero-order valence-corrected chi connectivity index (χ0v) is 17.2. The molecule has 0 heterocycles. The summed E-state index contributed by atoms with van der Waals surface area (Å²) in [5.74, 6) is -2.14. The third-order valence-corrected chi connectivity index (χ3v) is 4.33. The van der Waals surface area contributed by atoms with Gasteiger partial charge < -0.3 is 37.3 Å². The molecule has 0 saturated heterocycles. The smallest absolute Gasteiger partial charge is 0.335 e. The van der Waals surface area contributed by atoms with Gasteiger partial charge in [0, 0.05) is 6.54 Å². The minimum absolute atomic E-state index is 0.00450. The van der Waals surface area contributed by atoms with Crippen molar-refractivity contribution in [2.24, 2.45) is 17.4 Å². The fraction of sp³-hybridized carbons (Fsp3) is 0.474. The van der Waals surface area contributed by atoms with Gasteiger partial charge in [0.05, 0.1) is 24.4 Å². The lowest BCUT2D eigenvalue weighted by molar-refractivity contribution is -0.128. The third kappa shape index (κ3) is 7.59. The highest BCUT2D eigenvalue weighted by Gasteiger charge is 2.26. The van der Waals surface area contributed by atoms with Crippen LogP contribution in [0.4, 0.5) is 10.5 Å². The largest absolute Gasteiger partial charge is 0.495 e. The van der Waals surface area contributed by atoms with E-state index in [1.165, 1.54) is 25.3 Å². The molecule has 0 aliphatic heterocycles. The van der Waals surface area contributed by atoms with Gasteiger partial charge in [0.2, 0.25) is 11.8 Å². The summed E-state index contributed by atoms with van der Waals surface area (Å²) in [6.07, 6.45) is 0.575. The molecule has 4 amide bonds. The molecule has 0 aromatic heterocycles. The quantitative estimate of drug-likeness (QED) is 0.275. The number of anilines is 1. The number of primary amides is 1. The van der Waals surface area contributed by atoms with Gasteiger partial charge >= 0.3 is 12.0 Å². The van der Waals surface area contributed by atoms with Gasteiger partial charge in [0.15, 0.2) is 0 Å². The van der Waals surface area contributed by atoms with Crippen molar-refractivity contribution in [2.75, 3.05) is 19.0 Å². The second-order valence-electron chi connectivity index (χ2n) is 6.97. The molecular weight excluding hydrogens is 394 g/mol. The first kappa shape index (κ1) is 24.7. The zero-order chi connectivity index (χ0) is 22.8. The van der Waals surface area contributed by atoms with Crippen molar-refractivity contribution in [1.82, 2.24) is 10.6 Å².